The average Bonchev–Trinajstić information content (AvgIpc) is 3.34. The molecular formula is C34H84O4. The normalized spacial score (nSPS) is 17.9. The van der Waals surface area contributed by atoms with Crippen LogP contribution in [0, 0.1) is 0 Å². The van der Waals surface area contributed by atoms with Crippen LogP contribution in [0.1, 0.15) is 188 Å². The first kappa shape index (κ1) is 21.9. The van der Waals surface area contributed by atoms with Gasteiger partial charge in [0, 0.05) is 45.5 Å². The second-order valence-corrected chi connectivity index (χ2v) is 10.1. The Labute approximate surface area is 270 Å². The van der Waals surface area contributed by atoms with E-state index in [9.17, 15) is 9.59 Å². The third-order valence-electron chi connectivity index (χ3n) is 6.50. The molecule has 0 fully saturated rings. The van der Waals surface area contributed by atoms with Gasteiger partial charge in [-0.05, 0) is 96.8 Å². The van der Waals surface area contributed by atoms with E-state index in [-0.39, 0.29) is 19.4 Å². The first-order chi connectivity index (χ1) is 29.2. The van der Waals surface area contributed by atoms with Gasteiger partial charge in [-0.3, -0.25) is 9.59 Å². The van der Waals surface area contributed by atoms with E-state index in [4.69, 9.17) is 42.1 Å². The van der Waals surface area contributed by atoms with Crippen LogP contribution in [-0.4, -0.2) is 25.2 Å². The van der Waals surface area contributed by atoms with Gasteiger partial charge in [-0.25, -0.2) is 0 Å². The molecule has 0 saturated carbocycles. The first-order valence-electron chi connectivity index (χ1n) is 26.4. The summed E-state index contributed by atoms with van der Waals surface area (Å²) in [6.07, 6.45) is 35.2. The Bertz CT molecular complexity index is 636. The van der Waals surface area contributed by atoms with Crippen LogP contribution >= 0.6 is 0 Å². The van der Waals surface area contributed by atoms with Crippen LogP contribution in [0.5, 0.6) is 0 Å². The van der Waals surface area contributed by atoms with Crippen molar-refractivity contribution in [2.24, 2.45) is 0 Å². The predicted molar refractivity (Wildman–Crippen MR) is 188 cm³/mol. The molecule has 0 spiro atoms. The van der Waals surface area contributed by atoms with Crippen LogP contribution in [-0.2, 0) is 19.1 Å². The number of cyclic esters (lactones) is 1. The zero-order chi connectivity index (χ0) is 49.1. The smallest absolute Gasteiger partial charge is 0.305 e. The summed E-state index contributed by atoms with van der Waals surface area (Å²) < 4.78 is 120. The number of carbonyl (C=O) groups is 2. The third kappa shape index (κ3) is 32.2. The lowest BCUT2D eigenvalue weighted by molar-refractivity contribution is -0.144. The molecule has 1 heterocycles. The van der Waals surface area contributed by atoms with Gasteiger partial charge in [0.15, 0.2) is 0 Å². The molecule has 1 aliphatic heterocycles. The number of carbonyl (C=O) groups excluding carboxylic acids is 2. The van der Waals surface area contributed by atoms with Crippen molar-refractivity contribution in [3.05, 3.63) is 37.0 Å². The van der Waals surface area contributed by atoms with Crippen molar-refractivity contribution in [1.82, 2.24) is 0 Å². The van der Waals surface area contributed by atoms with Crippen molar-refractivity contribution < 1.29 is 51.7 Å². The fourth-order valence-corrected chi connectivity index (χ4v) is 4.15. The fraction of sp³-hybridized carbons (Fsp3) is 0.765. The number of hydrogen-bond donors (Lipinski definition) is 0. The molecular weight excluding hydrogens is 472 g/mol. The van der Waals surface area contributed by atoms with Gasteiger partial charge < -0.3 is 9.47 Å². The minimum atomic E-state index is -0.0236. The highest BCUT2D eigenvalue weighted by molar-refractivity contribution is 5.69. The fourth-order valence-electron chi connectivity index (χ4n) is 4.15. The molecule has 0 atom stereocenters. The van der Waals surface area contributed by atoms with Gasteiger partial charge >= 0.3 is 11.9 Å². The van der Waals surface area contributed by atoms with Gasteiger partial charge in [-0.2, -0.15) is 0 Å². The molecule has 0 saturated heterocycles. The Kier molecular flexibility index (Phi) is 19.1. The Morgan fingerprint density at radius 1 is 0.895 bits per heavy atom. The van der Waals surface area contributed by atoms with E-state index in [1.165, 1.54) is 70.6 Å². The molecule has 0 aromatic carbocycles. The van der Waals surface area contributed by atoms with E-state index in [2.05, 4.69) is 30.9 Å². The number of rotatable bonds is 14. The Morgan fingerprint density at radius 2 is 1.50 bits per heavy atom. The quantitative estimate of drug-likeness (QED) is 0.117. The molecule has 4 heteroatoms. The summed E-state index contributed by atoms with van der Waals surface area (Å²) in [5, 5.41) is 0. The highest BCUT2D eigenvalue weighted by Gasteiger charge is 2.03. The standard InChI is InChI=1S/C18H32O2.C15H26O2.CH4.11H2/c1-3-5-7-9-11-12-14-16-18(19)20-17-15-13-10-8-6-4-2;16-15-13-11-9-7-5-3-1-2-4-6-8-10-12-14-17-15;;;;;;;;;;;;/h3-4,6H,1,5,7-17H2,2H3;2,4H,1,3,5-14H2;1H4;11*1H/b6-4+;;;;;;;;;;;;;/i;;;11*1+1D. The minimum absolute atomic E-state index is 0. The van der Waals surface area contributed by atoms with Gasteiger partial charge in [-0.1, -0.05) is 76.3 Å². The highest BCUT2D eigenvalue weighted by atomic mass is 16.5. The van der Waals surface area contributed by atoms with Gasteiger partial charge in [0.25, 0.3) is 0 Å². The Balaban J connectivity index is -0.0000000453. The maximum absolute atomic E-state index is 11.5. The first-order valence-corrected chi connectivity index (χ1v) is 15.4. The van der Waals surface area contributed by atoms with Crippen molar-refractivity contribution in [3.63, 3.8) is 0 Å². The number of hydrogen-bond acceptors (Lipinski definition) is 4. The molecule has 4 nitrogen and oxygen atoms in total. The van der Waals surface area contributed by atoms with Crippen LogP contribution in [0.4, 0.5) is 0 Å². The van der Waals surface area contributed by atoms with Crippen LogP contribution in [0.2, 0.25) is 0 Å². The summed E-state index contributed by atoms with van der Waals surface area (Å²) >= 11 is 0. The topological polar surface area (TPSA) is 52.6 Å². The van der Waals surface area contributed by atoms with Crippen molar-refractivity contribution >= 4 is 11.9 Å². The summed E-state index contributed by atoms with van der Waals surface area (Å²) in [6.45, 7) is 6.96. The summed E-state index contributed by atoms with van der Waals surface area (Å²) in [4.78, 5) is 22.8. The molecule has 0 bridgehead atoms. The molecule has 38 heavy (non-hydrogen) atoms. The van der Waals surface area contributed by atoms with Crippen molar-refractivity contribution in [1.29, 1.82) is 0 Å². The number of esters is 2. The van der Waals surface area contributed by atoms with Gasteiger partial charge in [0.1, 0.15) is 0 Å². The molecule has 1 rings (SSSR count). The molecule has 0 amide bonds. The van der Waals surface area contributed by atoms with E-state index in [0.717, 1.165) is 57.8 Å². The predicted octanol–water partition coefficient (Wildman–Crippen LogP) is 13.3. The zero-order valence-electron chi connectivity index (χ0n) is 46.2. The summed E-state index contributed by atoms with van der Waals surface area (Å²) in [6, 6.07) is 0. The lowest BCUT2D eigenvalue weighted by Gasteiger charge is -2.05. The van der Waals surface area contributed by atoms with Gasteiger partial charge in [0.05, 0.1) is 13.2 Å². The summed E-state index contributed by atoms with van der Waals surface area (Å²) in [5.41, 5.74) is 0. The lowest BCUT2D eigenvalue weighted by atomic mass is 10.1. The van der Waals surface area contributed by atoms with E-state index in [1.54, 1.807) is 0 Å². The average molecular weight is 579 g/mol. The Hall–Kier alpha value is -1.84. The van der Waals surface area contributed by atoms with E-state index in [1.807, 2.05) is 13.0 Å². The van der Waals surface area contributed by atoms with Crippen molar-refractivity contribution in [3.8, 4) is 0 Å². The number of unbranched alkanes of at least 4 members (excludes halogenated alkanes) is 8. The molecule has 0 aliphatic carbocycles. The second-order valence-electron chi connectivity index (χ2n) is 10.1. The second kappa shape index (κ2) is 33.2. The monoisotopic (exact) mass is 579 g/mol. The zero-order valence-corrected chi connectivity index (χ0v) is 24.2. The molecule has 0 aromatic rings. The number of allylic oxidation sites excluding steroid dienone is 5. The van der Waals surface area contributed by atoms with Gasteiger partial charge in [0.2, 0.25) is 0 Å². The van der Waals surface area contributed by atoms with Crippen LogP contribution in [0.15, 0.2) is 37.0 Å². The lowest BCUT2D eigenvalue weighted by Crippen LogP contribution is -2.05. The molecule has 0 N–H and O–H groups in total. The molecule has 0 unspecified atom stereocenters. The van der Waals surface area contributed by atoms with Crippen LogP contribution in [0.3, 0.4) is 0 Å². The van der Waals surface area contributed by atoms with E-state index in [0.29, 0.717) is 26.1 Å². The maximum atomic E-state index is 11.5. The molecule has 0 radical (unpaired) electrons. The molecule has 1 aliphatic rings. The van der Waals surface area contributed by atoms with Gasteiger partial charge in [-0.15, -0.1) is 6.58 Å². The van der Waals surface area contributed by atoms with Crippen LogP contribution in [0.25, 0.3) is 0 Å². The Morgan fingerprint density at radius 3 is 2.24 bits per heavy atom. The third-order valence-corrected chi connectivity index (χ3v) is 6.50. The van der Waals surface area contributed by atoms with E-state index < -0.39 is 0 Å². The van der Waals surface area contributed by atoms with Crippen molar-refractivity contribution in [2.75, 3.05) is 13.2 Å². The SMILES string of the molecule is C.C=CCCCCCCCC(=O)OCCCCC/C=C/C.O=C1CCCCCCCC=CCCCCCO1.[2H][2H].[2H][2H].[2H][2H].[2H][2H].[2H][2H].[2H][2H].[2H][2H].[2H][2H].[2H][2H].[2H][2H].[2H][2H]. The highest BCUT2D eigenvalue weighted by Crippen LogP contribution is 2.11. The van der Waals surface area contributed by atoms with Crippen molar-refractivity contribution in [2.45, 2.75) is 156 Å². The summed E-state index contributed by atoms with van der Waals surface area (Å²) in [5.74, 6) is -0.0264. The molecule has 244 valence electrons. The summed E-state index contributed by atoms with van der Waals surface area (Å²) in [7, 11) is 0. The van der Waals surface area contributed by atoms with E-state index >= 15 is 0 Å². The van der Waals surface area contributed by atoms with Crippen LogP contribution < -0.4 is 0 Å². The largest absolute Gasteiger partial charge is 0.466 e. The molecule has 0 aromatic heterocycles. The number of ether oxygens (including phenoxy) is 2. The maximum Gasteiger partial charge on any atom is 0.305 e. The minimum Gasteiger partial charge on any atom is -0.466 e.